The van der Waals surface area contributed by atoms with Gasteiger partial charge in [0.25, 0.3) is 0 Å². The molecule has 78 valence electrons. The molecule has 14 heavy (non-hydrogen) atoms. The summed E-state index contributed by atoms with van der Waals surface area (Å²) < 4.78 is 0. The molecule has 0 N–H and O–H groups in total. The molecule has 0 heterocycles. The summed E-state index contributed by atoms with van der Waals surface area (Å²) in [5, 5.41) is 2.41. The molecule has 0 fully saturated rings. The van der Waals surface area contributed by atoms with Gasteiger partial charge in [0.05, 0.1) is 8.07 Å². The van der Waals surface area contributed by atoms with E-state index in [1.807, 2.05) is 12.1 Å². The molecule has 1 rings (SSSR count). The van der Waals surface area contributed by atoms with E-state index >= 15 is 0 Å². The van der Waals surface area contributed by atoms with Gasteiger partial charge >= 0.3 is 0 Å². The van der Waals surface area contributed by atoms with Crippen LogP contribution < -0.4 is 5.19 Å². The Hall–Kier alpha value is -0.273. The van der Waals surface area contributed by atoms with E-state index < -0.39 is 8.07 Å². The van der Waals surface area contributed by atoms with Crippen molar-refractivity contribution < 1.29 is 0 Å². The van der Waals surface area contributed by atoms with E-state index in [4.69, 9.17) is 11.6 Å². The summed E-state index contributed by atoms with van der Waals surface area (Å²) in [4.78, 5) is 0. The summed E-state index contributed by atoms with van der Waals surface area (Å²) in [6, 6.07) is 12.5. The third-order valence-electron chi connectivity index (χ3n) is 3.49. The lowest BCUT2D eigenvalue weighted by Crippen LogP contribution is -2.45. The van der Waals surface area contributed by atoms with Crippen molar-refractivity contribution in [2.45, 2.75) is 38.9 Å². The van der Waals surface area contributed by atoms with Crippen LogP contribution in [-0.2, 0) is 0 Å². The van der Waals surface area contributed by atoms with E-state index in [1.54, 1.807) is 5.19 Å². The van der Waals surface area contributed by atoms with Gasteiger partial charge in [0, 0.05) is 5.02 Å². The number of hydrogen-bond donors (Lipinski definition) is 0. The molecule has 1 aromatic rings. The molecule has 0 aliphatic carbocycles. The summed E-state index contributed by atoms with van der Waals surface area (Å²) >= 11 is 5.91. The van der Waals surface area contributed by atoms with Crippen LogP contribution in [0.5, 0.6) is 0 Å². The lowest BCUT2D eigenvalue weighted by Gasteiger charge is -2.28. The van der Waals surface area contributed by atoms with Crippen LogP contribution in [0.4, 0.5) is 0 Å². The molecule has 0 atom stereocenters. The van der Waals surface area contributed by atoms with Crippen LogP contribution in [0.2, 0.25) is 23.2 Å². The maximum absolute atomic E-state index is 5.91. The number of benzene rings is 1. The van der Waals surface area contributed by atoms with Crippen molar-refractivity contribution in [1.29, 1.82) is 0 Å². The van der Waals surface area contributed by atoms with Gasteiger partial charge < -0.3 is 0 Å². The minimum atomic E-state index is -1.18. The summed E-state index contributed by atoms with van der Waals surface area (Å²) in [6.07, 6.45) is 0. The molecule has 1 aromatic carbocycles. The fourth-order valence-corrected chi connectivity index (χ4v) is 5.89. The highest BCUT2D eigenvalue weighted by Gasteiger charge is 2.28. The van der Waals surface area contributed by atoms with E-state index in [2.05, 4.69) is 32.9 Å². The molecule has 0 unspecified atom stereocenters. The van der Waals surface area contributed by atoms with Crippen LogP contribution in [0.3, 0.4) is 0 Å². The van der Waals surface area contributed by atoms with Crippen LogP contribution in [0.25, 0.3) is 0 Å². The van der Waals surface area contributed by atoms with E-state index in [0.29, 0.717) is 0 Å². The molecule has 0 bridgehead atoms. The minimum Gasteiger partial charge on any atom is -0.0843 e. The number of rotatable bonds is 4. The summed E-state index contributed by atoms with van der Waals surface area (Å²) in [7, 11) is -1.18. The third-order valence-corrected chi connectivity index (χ3v) is 9.36. The molecular formula is C12H19ClSi. The highest BCUT2D eigenvalue weighted by Crippen LogP contribution is 2.20. The van der Waals surface area contributed by atoms with E-state index in [0.717, 1.165) is 5.02 Å². The standard InChI is InChI=1S/C12H19ClSi/c1-4-14(5-2,6-3)12-9-7-11(13)8-10-12/h7-10H,4-6H2,1-3H3. The van der Waals surface area contributed by atoms with Gasteiger partial charge in [-0.2, -0.15) is 0 Å². The summed E-state index contributed by atoms with van der Waals surface area (Å²) in [5.41, 5.74) is 0. The molecule has 0 spiro atoms. The lowest BCUT2D eigenvalue weighted by atomic mass is 10.4. The van der Waals surface area contributed by atoms with Crippen LogP contribution in [0.1, 0.15) is 20.8 Å². The van der Waals surface area contributed by atoms with E-state index in [-0.39, 0.29) is 0 Å². The van der Waals surface area contributed by atoms with Crippen molar-refractivity contribution in [1.82, 2.24) is 0 Å². The summed E-state index contributed by atoms with van der Waals surface area (Å²) in [5.74, 6) is 0. The molecule has 0 aromatic heterocycles. The Morgan fingerprint density at radius 1 is 0.929 bits per heavy atom. The van der Waals surface area contributed by atoms with Crippen molar-refractivity contribution in [2.24, 2.45) is 0 Å². The molecule has 0 aliphatic heterocycles. The number of halogens is 1. The largest absolute Gasteiger partial charge is 0.0859 e. The number of hydrogen-bond acceptors (Lipinski definition) is 0. The quantitative estimate of drug-likeness (QED) is 0.680. The van der Waals surface area contributed by atoms with Gasteiger partial charge in [-0.25, -0.2) is 0 Å². The highest BCUT2D eigenvalue weighted by atomic mass is 35.5. The van der Waals surface area contributed by atoms with Gasteiger partial charge in [-0.3, -0.25) is 0 Å². The van der Waals surface area contributed by atoms with Crippen molar-refractivity contribution in [3.05, 3.63) is 29.3 Å². The molecule has 0 aliphatic rings. The van der Waals surface area contributed by atoms with Gasteiger partial charge in [-0.15, -0.1) is 0 Å². The Morgan fingerprint density at radius 3 is 1.71 bits per heavy atom. The Balaban J connectivity index is 3.05. The molecule has 2 heteroatoms. The van der Waals surface area contributed by atoms with Crippen LogP contribution in [-0.4, -0.2) is 8.07 Å². The lowest BCUT2D eigenvalue weighted by molar-refractivity contribution is 1.19. The van der Waals surface area contributed by atoms with Crippen molar-refractivity contribution in [3.8, 4) is 0 Å². The van der Waals surface area contributed by atoms with E-state index in [9.17, 15) is 0 Å². The minimum absolute atomic E-state index is 0.847. The predicted molar refractivity (Wildman–Crippen MR) is 68.3 cm³/mol. The zero-order chi connectivity index (χ0) is 10.6. The Labute approximate surface area is 93.3 Å². The second kappa shape index (κ2) is 4.99. The summed E-state index contributed by atoms with van der Waals surface area (Å²) in [6.45, 7) is 6.98. The normalized spacial score (nSPS) is 11.7. The first kappa shape index (κ1) is 11.8. The van der Waals surface area contributed by atoms with Crippen LogP contribution in [0, 0.1) is 0 Å². The van der Waals surface area contributed by atoms with Crippen molar-refractivity contribution in [2.75, 3.05) is 0 Å². The van der Waals surface area contributed by atoms with Gasteiger partial charge in [0.15, 0.2) is 0 Å². The SMILES string of the molecule is CC[Si](CC)(CC)c1ccc(Cl)cc1. The molecule has 0 radical (unpaired) electrons. The van der Waals surface area contributed by atoms with Crippen molar-refractivity contribution in [3.63, 3.8) is 0 Å². The predicted octanol–water partition coefficient (Wildman–Crippen LogP) is 4.06. The van der Waals surface area contributed by atoms with Crippen LogP contribution in [0.15, 0.2) is 24.3 Å². The Kier molecular flexibility index (Phi) is 4.21. The molecular weight excluding hydrogens is 208 g/mol. The molecule has 0 amide bonds. The Morgan fingerprint density at radius 2 is 1.36 bits per heavy atom. The zero-order valence-corrected chi connectivity index (χ0v) is 11.1. The van der Waals surface area contributed by atoms with Crippen molar-refractivity contribution >= 4 is 24.9 Å². The first-order valence-corrected chi connectivity index (χ1v) is 8.44. The average Bonchev–Trinajstić information content (AvgIpc) is 2.24. The molecule has 0 nitrogen and oxygen atoms in total. The monoisotopic (exact) mass is 226 g/mol. The zero-order valence-electron chi connectivity index (χ0n) is 9.31. The maximum Gasteiger partial charge on any atom is 0.0859 e. The fourth-order valence-electron chi connectivity index (χ4n) is 2.17. The smallest absolute Gasteiger partial charge is 0.0843 e. The van der Waals surface area contributed by atoms with Gasteiger partial charge in [0.2, 0.25) is 0 Å². The maximum atomic E-state index is 5.91. The molecule has 0 saturated carbocycles. The molecule has 0 saturated heterocycles. The first-order chi connectivity index (χ1) is 6.68. The fraction of sp³-hybridized carbons (Fsp3) is 0.500. The van der Waals surface area contributed by atoms with Crippen LogP contribution >= 0.6 is 11.6 Å². The third kappa shape index (κ3) is 2.21. The Bertz CT molecular complexity index is 267. The van der Waals surface area contributed by atoms with Gasteiger partial charge in [-0.05, 0) is 12.1 Å². The first-order valence-electron chi connectivity index (χ1n) is 5.44. The second-order valence-corrected chi connectivity index (χ2v) is 9.54. The second-order valence-electron chi connectivity index (χ2n) is 3.85. The van der Waals surface area contributed by atoms with E-state index in [1.165, 1.54) is 18.1 Å². The topological polar surface area (TPSA) is 0 Å². The van der Waals surface area contributed by atoms with Gasteiger partial charge in [-0.1, -0.05) is 67.8 Å². The highest BCUT2D eigenvalue weighted by molar-refractivity contribution is 6.91. The average molecular weight is 227 g/mol. The van der Waals surface area contributed by atoms with Gasteiger partial charge in [0.1, 0.15) is 0 Å².